The molecule has 1 fully saturated rings. The van der Waals surface area contributed by atoms with Gasteiger partial charge in [-0.3, -0.25) is 4.79 Å². The van der Waals surface area contributed by atoms with Gasteiger partial charge in [0.1, 0.15) is 0 Å². The first kappa shape index (κ1) is 10.5. The summed E-state index contributed by atoms with van der Waals surface area (Å²) >= 11 is 0. The van der Waals surface area contributed by atoms with Crippen LogP contribution in [0.5, 0.6) is 0 Å². The smallest absolute Gasteiger partial charge is 0.303 e. The Hall–Kier alpha value is -0.570. The van der Waals surface area contributed by atoms with Crippen LogP contribution in [0.3, 0.4) is 0 Å². The average Bonchev–Trinajstić information content (AvgIpc) is 2.47. The van der Waals surface area contributed by atoms with Crippen LogP contribution >= 0.6 is 0 Å². The maximum atomic E-state index is 10.4. The van der Waals surface area contributed by atoms with Crippen molar-refractivity contribution in [1.82, 2.24) is 4.90 Å². The van der Waals surface area contributed by atoms with E-state index in [9.17, 15) is 4.79 Å². The maximum absolute atomic E-state index is 10.4. The summed E-state index contributed by atoms with van der Waals surface area (Å²) in [6.45, 7) is 4.48. The molecule has 1 heterocycles. The van der Waals surface area contributed by atoms with E-state index in [0.29, 0.717) is 18.3 Å². The van der Waals surface area contributed by atoms with Crippen molar-refractivity contribution in [2.24, 2.45) is 11.8 Å². The Morgan fingerprint density at radius 3 is 2.85 bits per heavy atom. The van der Waals surface area contributed by atoms with Crippen LogP contribution in [0.25, 0.3) is 0 Å². The Balaban J connectivity index is 2.23. The number of carbonyl (C=O) groups is 1. The first-order valence-electron chi connectivity index (χ1n) is 5.00. The van der Waals surface area contributed by atoms with Gasteiger partial charge in [0, 0.05) is 13.0 Å². The SMILES string of the molecule is CC(CCC(=O)O)C1CCN(C)C1. The average molecular weight is 185 g/mol. The van der Waals surface area contributed by atoms with Crippen molar-refractivity contribution < 1.29 is 9.90 Å². The maximum Gasteiger partial charge on any atom is 0.303 e. The Bertz CT molecular complexity index is 182. The zero-order chi connectivity index (χ0) is 9.84. The van der Waals surface area contributed by atoms with Crippen molar-refractivity contribution >= 4 is 5.97 Å². The van der Waals surface area contributed by atoms with Gasteiger partial charge in [0.25, 0.3) is 0 Å². The molecule has 0 aromatic carbocycles. The molecule has 0 spiro atoms. The lowest BCUT2D eigenvalue weighted by Gasteiger charge is -2.17. The van der Waals surface area contributed by atoms with Crippen LogP contribution in [0.15, 0.2) is 0 Å². The molecule has 0 saturated carbocycles. The van der Waals surface area contributed by atoms with Crippen LogP contribution in [0, 0.1) is 11.8 Å². The van der Waals surface area contributed by atoms with Crippen molar-refractivity contribution in [3.63, 3.8) is 0 Å². The molecule has 2 atom stereocenters. The van der Waals surface area contributed by atoms with Gasteiger partial charge >= 0.3 is 5.97 Å². The molecule has 1 rings (SSSR count). The molecule has 0 aromatic heterocycles. The van der Waals surface area contributed by atoms with Crippen molar-refractivity contribution in [3.8, 4) is 0 Å². The highest BCUT2D eigenvalue weighted by atomic mass is 16.4. The zero-order valence-electron chi connectivity index (χ0n) is 8.49. The van der Waals surface area contributed by atoms with Crippen LogP contribution < -0.4 is 0 Å². The molecule has 3 heteroatoms. The van der Waals surface area contributed by atoms with Crippen molar-refractivity contribution in [2.45, 2.75) is 26.2 Å². The Labute approximate surface area is 79.7 Å². The van der Waals surface area contributed by atoms with Crippen LogP contribution in [0.2, 0.25) is 0 Å². The van der Waals surface area contributed by atoms with E-state index < -0.39 is 5.97 Å². The summed E-state index contributed by atoms with van der Waals surface area (Å²) < 4.78 is 0. The lowest BCUT2D eigenvalue weighted by Crippen LogP contribution is -2.18. The number of carboxylic acids is 1. The standard InChI is InChI=1S/C10H19NO2/c1-8(3-4-10(12)13)9-5-6-11(2)7-9/h8-9H,3-7H2,1-2H3,(H,12,13). The van der Waals surface area contributed by atoms with Gasteiger partial charge in [0.05, 0.1) is 0 Å². The molecule has 0 bridgehead atoms. The molecule has 1 N–H and O–H groups in total. The van der Waals surface area contributed by atoms with Crippen LogP contribution in [0.4, 0.5) is 0 Å². The highest BCUT2D eigenvalue weighted by Crippen LogP contribution is 2.25. The number of hydrogen-bond acceptors (Lipinski definition) is 2. The van der Waals surface area contributed by atoms with E-state index in [4.69, 9.17) is 5.11 Å². The molecule has 0 aliphatic carbocycles. The zero-order valence-corrected chi connectivity index (χ0v) is 8.49. The second kappa shape index (κ2) is 4.61. The summed E-state index contributed by atoms with van der Waals surface area (Å²) in [5.41, 5.74) is 0. The Morgan fingerprint density at radius 1 is 1.69 bits per heavy atom. The van der Waals surface area contributed by atoms with Crippen molar-refractivity contribution in [2.75, 3.05) is 20.1 Å². The number of rotatable bonds is 4. The summed E-state index contributed by atoms with van der Waals surface area (Å²) in [7, 11) is 2.13. The van der Waals surface area contributed by atoms with Crippen molar-refractivity contribution in [3.05, 3.63) is 0 Å². The van der Waals surface area contributed by atoms with E-state index in [1.807, 2.05) is 0 Å². The molecule has 0 aromatic rings. The third-order valence-electron chi connectivity index (χ3n) is 3.05. The summed E-state index contributed by atoms with van der Waals surface area (Å²) in [4.78, 5) is 12.7. The number of aliphatic carboxylic acids is 1. The van der Waals surface area contributed by atoms with E-state index in [1.54, 1.807) is 0 Å². The summed E-state index contributed by atoms with van der Waals surface area (Å²) in [6.07, 6.45) is 2.38. The topological polar surface area (TPSA) is 40.5 Å². The fraction of sp³-hybridized carbons (Fsp3) is 0.900. The fourth-order valence-corrected chi connectivity index (χ4v) is 2.02. The second-order valence-electron chi connectivity index (χ2n) is 4.22. The lowest BCUT2D eigenvalue weighted by molar-refractivity contribution is -0.137. The van der Waals surface area contributed by atoms with E-state index >= 15 is 0 Å². The van der Waals surface area contributed by atoms with Gasteiger partial charge in [-0.25, -0.2) is 0 Å². The minimum Gasteiger partial charge on any atom is -0.481 e. The highest BCUT2D eigenvalue weighted by molar-refractivity contribution is 5.66. The number of nitrogens with zero attached hydrogens (tertiary/aromatic N) is 1. The van der Waals surface area contributed by atoms with Gasteiger partial charge in [0.2, 0.25) is 0 Å². The van der Waals surface area contributed by atoms with Gasteiger partial charge in [0.15, 0.2) is 0 Å². The minimum absolute atomic E-state index is 0.321. The Morgan fingerprint density at radius 2 is 2.38 bits per heavy atom. The molecule has 3 nitrogen and oxygen atoms in total. The van der Waals surface area contributed by atoms with E-state index in [0.717, 1.165) is 13.0 Å². The molecule has 0 radical (unpaired) electrons. The molecule has 13 heavy (non-hydrogen) atoms. The quantitative estimate of drug-likeness (QED) is 0.720. The van der Waals surface area contributed by atoms with Crippen molar-refractivity contribution in [1.29, 1.82) is 0 Å². The first-order chi connectivity index (χ1) is 6.09. The summed E-state index contributed by atoms with van der Waals surface area (Å²) in [5.74, 6) is 0.601. The first-order valence-corrected chi connectivity index (χ1v) is 5.00. The molecular formula is C10H19NO2. The van der Waals surface area contributed by atoms with Crippen LogP contribution in [0.1, 0.15) is 26.2 Å². The van der Waals surface area contributed by atoms with Gasteiger partial charge in [-0.1, -0.05) is 6.92 Å². The van der Waals surface area contributed by atoms with E-state index in [2.05, 4.69) is 18.9 Å². The molecule has 0 amide bonds. The number of likely N-dealkylation sites (tertiary alicyclic amines) is 1. The number of carboxylic acid groups (broad SMARTS) is 1. The lowest BCUT2D eigenvalue weighted by atomic mass is 9.89. The third-order valence-corrected chi connectivity index (χ3v) is 3.05. The fourth-order valence-electron chi connectivity index (χ4n) is 2.02. The van der Waals surface area contributed by atoms with E-state index in [-0.39, 0.29) is 0 Å². The molecular weight excluding hydrogens is 166 g/mol. The third kappa shape index (κ3) is 3.35. The molecule has 2 unspecified atom stereocenters. The van der Waals surface area contributed by atoms with Gasteiger partial charge in [-0.15, -0.1) is 0 Å². The molecule has 76 valence electrons. The molecule has 1 aliphatic rings. The monoisotopic (exact) mass is 185 g/mol. The second-order valence-corrected chi connectivity index (χ2v) is 4.22. The largest absolute Gasteiger partial charge is 0.481 e. The van der Waals surface area contributed by atoms with E-state index in [1.165, 1.54) is 13.0 Å². The van der Waals surface area contributed by atoms with Crippen LogP contribution in [-0.2, 0) is 4.79 Å². The van der Waals surface area contributed by atoms with Gasteiger partial charge < -0.3 is 10.0 Å². The highest BCUT2D eigenvalue weighted by Gasteiger charge is 2.24. The molecule has 1 aliphatic heterocycles. The van der Waals surface area contributed by atoms with Gasteiger partial charge in [-0.2, -0.15) is 0 Å². The normalized spacial score (nSPS) is 26.2. The predicted molar refractivity (Wildman–Crippen MR) is 51.6 cm³/mol. The van der Waals surface area contributed by atoms with Gasteiger partial charge in [-0.05, 0) is 38.3 Å². The molecule has 1 saturated heterocycles. The predicted octanol–water partition coefficient (Wildman–Crippen LogP) is 1.44. The summed E-state index contributed by atoms with van der Waals surface area (Å²) in [5, 5.41) is 8.55. The minimum atomic E-state index is -0.668. The summed E-state index contributed by atoms with van der Waals surface area (Å²) in [6, 6.07) is 0. The Kier molecular flexibility index (Phi) is 3.72. The number of hydrogen-bond donors (Lipinski definition) is 1. The van der Waals surface area contributed by atoms with Crippen LogP contribution in [-0.4, -0.2) is 36.1 Å².